The first-order chi connectivity index (χ1) is 15.1. The van der Waals surface area contributed by atoms with Crippen LogP contribution in [0.5, 0.6) is 5.75 Å². The maximum atomic E-state index is 6.17. The zero-order chi connectivity index (χ0) is 21.6. The molecule has 3 aromatic carbocycles. The van der Waals surface area contributed by atoms with Crippen molar-refractivity contribution in [3.63, 3.8) is 0 Å². The van der Waals surface area contributed by atoms with E-state index < -0.39 is 0 Å². The fourth-order valence-electron chi connectivity index (χ4n) is 2.99. The molecule has 8 heteroatoms. The number of aromatic nitrogens is 3. The van der Waals surface area contributed by atoms with Crippen molar-refractivity contribution in [1.29, 1.82) is 0 Å². The second-order valence-corrected chi connectivity index (χ2v) is 9.00. The molecule has 4 aromatic rings. The molecule has 1 heterocycles. The van der Waals surface area contributed by atoms with Gasteiger partial charge in [0.1, 0.15) is 5.75 Å². The Morgan fingerprint density at radius 3 is 2.32 bits per heavy atom. The average molecular weight is 491 g/mol. The van der Waals surface area contributed by atoms with Crippen molar-refractivity contribution < 1.29 is 4.74 Å². The van der Waals surface area contributed by atoms with E-state index in [-0.39, 0.29) is 0 Å². The Morgan fingerprint density at radius 2 is 1.58 bits per heavy atom. The highest BCUT2D eigenvalue weighted by Crippen LogP contribution is 2.29. The molecule has 0 fully saturated rings. The molecule has 158 valence electrons. The van der Waals surface area contributed by atoms with Crippen LogP contribution in [0.1, 0.15) is 5.56 Å². The molecular weight excluding hydrogens is 473 g/mol. The highest BCUT2D eigenvalue weighted by Gasteiger charge is 2.15. The maximum absolute atomic E-state index is 6.17. The summed E-state index contributed by atoms with van der Waals surface area (Å²) >= 11 is 19.7. The summed E-state index contributed by atoms with van der Waals surface area (Å²) in [7, 11) is 0. The van der Waals surface area contributed by atoms with Crippen molar-refractivity contribution in [2.24, 2.45) is 0 Å². The van der Waals surface area contributed by atoms with Gasteiger partial charge in [0.2, 0.25) is 0 Å². The quantitative estimate of drug-likeness (QED) is 0.195. The van der Waals surface area contributed by atoms with Crippen molar-refractivity contribution in [3.8, 4) is 17.1 Å². The molecule has 0 saturated heterocycles. The number of thioether (sulfide) groups is 1. The summed E-state index contributed by atoms with van der Waals surface area (Å²) in [5, 5.41) is 11.5. The van der Waals surface area contributed by atoms with Crippen LogP contribution in [0.25, 0.3) is 11.4 Å². The summed E-state index contributed by atoms with van der Waals surface area (Å²) in [5.74, 6) is 2.09. The predicted molar refractivity (Wildman–Crippen MR) is 129 cm³/mol. The van der Waals surface area contributed by atoms with Gasteiger partial charge in [-0.05, 0) is 48.0 Å². The van der Waals surface area contributed by atoms with Crippen LogP contribution in [0.2, 0.25) is 15.1 Å². The van der Waals surface area contributed by atoms with Crippen molar-refractivity contribution in [2.75, 3.05) is 12.4 Å². The smallest absolute Gasteiger partial charge is 0.191 e. The molecule has 31 heavy (non-hydrogen) atoms. The van der Waals surface area contributed by atoms with Crippen LogP contribution in [0.3, 0.4) is 0 Å². The van der Waals surface area contributed by atoms with E-state index in [2.05, 4.69) is 26.9 Å². The Kier molecular flexibility index (Phi) is 7.41. The molecule has 0 radical (unpaired) electrons. The highest BCUT2D eigenvalue weighted by molar-refractivity contribution is 7.99. The second-order valence-electron chi connectivity index (χ2n) is 6.66. The molecule has 4 nitrogen and oxygen atoms in total. The average Bonchev–Trinajstić information content (AvgIpc) is 3.16. The van der Waals surface area contributed by atoms with Gasteiger partial charge in [-0.3, -0.25) is 4.57 Å². The summed E-state index contributed by atoms with van der Waals surface area (Å²) in [6.07, 6.45) is 0. The summed E-state index contributed by atoms with van der Waals surface area (Å²) in [6, 6.07) is 23.0. The number of ether oxygens (including phenoxy) is 1. The molecular formula is C23H18Cl3N3OS. The number of rotatable bonds is 8. The van der Waals surface area contributed by atoms with Gasteiger partial charge in [-0.25, -0.2) is 0 Å². The van der Waals surface area contributed by atoms with Gasteiger partial charge in [0, 0.05) is 21.4 Å². The van der Waals surface area contributed by atoms with E-state index >= 15 is 0 Å². The van der Waals surface area contributed by atoms with Gasteiger partial charge < -0.3 is 4.74 Å². The molecule has 0 atom stereocenters. The minimum absolute atomic E-state index is 0.473. The van der Waals surface area contributed by atoms with Crippen LogP contribution < -0.4 is 4.74 Å². The minimum Gasteiger partial charge on any atom is -0.491 e. The van der Waals surface area contributed by atoms with E-state index in [9.17, 15) is 0 Å². The van der Waals surface area contributed by atoms with Crippen LogP contribution in [0.15, 0.2) is 78.0 Å². The molecule has 0 bridgehead atoms. The molecule has 0 saturated carbocycles. The van der Waals surface area contributed by atoms with Crippen molar-refractivity contribution >= 4 is 46.6 Å². The molecule has 0 unspecified atom stereocenters. The zero-order valence-corrected chi connectivity index (χ0v) is 19.4. The normalized spacial score (nSPS) is 10.9. The first kappa shape index (κ1) is 22.0. The minimum atomic E-state index is 0.473. The van der Waals surface area contributed by atoms with E-state index in [0.717, 1.165) is 16.5 Å². The standard InChI is InChI=1S/C23H18Cl3N3OS/c24-18-8-6-17(7-9-18)22-27-28-23(29(22)15-16-4-2-1-3-5-16)31-13-12-30-21-11-10-19(25)14-20(21)26/h1-11,14H,12-13,15H2. The van der Waals surface area contributed by atoms with Gasteiger partial charge in [-0.1, -0.05) is 76.9 Å². The van der Waals surface area contributed by atoms with E-state index in [1.807, 2.05) is 42.5 Å². The van der Waals surface area contributed by atoms with Crippen LogP contribution >= 0.6 is 46.6 Å². The van der Waals surface area contributed by atoms with Crippen molar-refractivity contribution in [3.05, 3.63) is 93.4 Å². The van der Waals surface area contributed by atoms with Gasteiger partial charge in [0.15, 0.2) is 11.0 Å². The first-order valence-corrected chi connectivity index (χ1v) is 11.7. The number of hydrogen-bond donors (Lipinski definition) is 0. The summed E-state index contributed by atoms with van der Waals surface area (Å²) in [5.41, 5.74) is 2.13. The van der Waals surface area contributed by atoms with Gasteiger partial charge in [-0.15, -0.1) is 10.2 Å². The monoisotopic (exact) mass is 489 g/mol. The molecule has 0 amide bonds. The van der Waals surface area contributed by atoms with Crippen LogP contribution in [-0.2, 0) is 6.54 Å². The van der Waals surface area contributed by atoms with E-state index in [0.29, 0.717) is 39.7 Å². The summed E-state index contributed by atoms with van der Waals surface area (Å²) < 4.78 is 7.90. The number of benzene rings is 3. The molecule has 1 aromatic heterocycles. The molecule has 0 aliphatic rings. The van der Waals surface area contributed by atoms with Gasteiger partial charge in [-0.2, -0.15) is 0 Å². The second kappa shape index (κ2) is 10.4. The summed E-state index contributed by atoms with van der Waals surface area (Å²) in [4.78, 5) is 0. The topological polar surface area (TPSA) is 39.9 Å². The summed E-state index contributed by atoms with van der Waals surface area (Å²) in [6.45, 7) is 1.14. The lowest BCUT2D eigenvalue weighted by atomic mass is 10.2. The van der Waals surface area contributed by atoms with Crippen LogP contribution in [-0.4, -0.2) is 27.1 Å². The number of halogens is 3. The highest BCUT2D eigenvalue weighted by atomic mass is 35.5. The van der Waals surface area contributed by atoms with E-state index in [4.69, 9.17) is 39.5 Å². The lowest BCUT2D eigenvalue weighted by molar-refractivity contribution is 0.344. The SMILES string of the molecule is Clc1ccc(-c2nnc(SCCOc3ccc(Cl)cc3Cl)n2Cc2ccccc2)cc1. The van der Waals surface area contributed by atoms with E-state index in [1.165, 1.54) is 5.56 Å². The Balaban J connectivity index is 1.50. The van der Waals surface area contributed by atoms with Crippen molar-refractivity contribution in [1.82, 2.24) is 14.8 Å². The lowest BCUT2D eigenvalue weighted by Crippen LogP contribution is -2.06. The van der Waals surface area contributed by atoms with Gasteiger partial charge >= 0.3 is 0 Å². The zero-order valence-electron chi connectivity index (χ0n) is 16.3. The van der Waals surface area contributed by atoms with E-state index in [1.54, 1.807) is 30.0 Å². The third kappa shape index (κ3) is 5.74. The van der Waals surface area contributed by atoms with Crippen LogP contribution in [0, 0.1) is 0 Å². The predicted octanol–water partition coefficient (Wildman–Crippen LogP) is 7.12. The fourth-order valence-corrected chi connectivity index (χ4v) is 4.34. The largest absolute Gasteiger partial charge is 0.491 e. The first-order valence-electron chi connectivity index (χ1n) is 9.54. The molecule has 0 N–H and O–H groups in total. The molecule has 0 spiro atoms. The molecule has 0 aliphatic carbocycles. The third-order valence-electron chi connectivity index (χ3n) is 4.47. The molecule has 0 aliphatic heterocycles. The van der Waals surface area contributed by atoms with Crippen LogP contribution in [0.4, 0.5) is 0 Å². The number of hydrogen-bond acceptors (Lipinski definition) is 4. The van der Waals surface area contributed by atoms with Gasteiger partial charge in [0.25, 0.3) is 0 Å². The number of nitrogens with zero attached hydrogens (tertiary/aromatic N) is 3. The Labute approximate surface area is 200 Å². The maximum Gasteiger partial charge on any atom is 0.191 e. The van der Waals surface area contributed by atoms with Crippen molar-refractivity contribution in [2.45, 2.75) is 11.7 Å². The van der Waals surface area contributed by atoms with Gasteiger partial charge in [0.05, 0.1) is 18.2 Å². The fraction of sp³-hybridized carbons (Fsp3) is 0.130. The lowest BCUT2D eigenvalue weighted by Gasteiger charge is -2.11. The Bertz CT molecular complexity index is 1150. The Morgan fingerprint density at radius 1 is 0.839 bits per heavy atom. The third-order valence-corrected chi connectivity index (χ3v) is 6.18. The molecule has 4 rings (SSSR count). The Hall–Kier alpha value is -2.18.